The van der Waals surface area contributed by atoms with Crippen molar-refractivity contribution in [3.05, 3.63) is 35.4 Å². The number of carbonyl (C=O) groups is 1. The van der Waals surface area contributed by atoms with Crippen LogP contribution in [0, 0.1) is 0 Å². The van der Waals surface area contributed by atoms with Crippen LogP contribution in [-0.2, 0) is 15.5 Å². The molecule has 1 aromatic carbocycles. The number of alkyl halides is 2. The molecule has 0 spiro atoms. The molecule has 1 atom stereocenters. The lowest BCUT2D eigenvalue weighted by Gasteiger charge is -2.16. The van der Waals surface area contributed by atoms with E-state index in [1.165, 1.54) is 25.1 Å². The molecule has 0 unspecified atom stereocenters. The monoisotopic (exact) mass is 243 g/mol. The van der Waals surface area contributed by atoms with Gasteiger partial charge in [0.25, 0.3) is 0 Å². The minimum Gasteiger partial charge on any atom is -0.461 e. The van der Waals surface area contributed by atoms with Crippen molar-refractivity contribution in [2.45, 2.75) is 25.8 Å². The molecule has 0 amide bonds. The zero-order valence-corrected chi connectivity index (χ0v) is 9.74. The van der Waals surface area contributed by atoms with Gasteiger partial charge in [0.05, 0.1) is 6.61 Å². The highest BCUT2D eigenvalue weighted by molar-refractivity contribution is 5.79. The second-order valence-corrected chi connectivity index (χ2v) is 3.71. The maximum atomic E-state index is 13.7. The summed E-state index contributed by atoms with van der Waals surface area (Å²) in [5.41, 5.74) is 5.75. The predicted molar refractivity (Wildman–Crippen MR) is 59.6 cm³/mol. The van der Waals surface area contributed by atoms with Crippen LogP contribution < -0.4 is 5.73 Å². The Kier molecular flexibility index (Phi) is 4.17. The molecule has 94 valence electrons. The van der Waals surface area contributed by atoms with Crippen molar-refractivity contribution in [1.82, 2.24) is 0 Å². The summed E-state index contributed by atoms with van der Waals surface area (Å²) in [6, 6.07) is 5.12. The molecule has 1 rings (SSSR count). The van der Waals surface area contributed by atoms with E-state index >= 15 is 0 Å². The van der Waals surface area contributed by atoms with Gasteiger partial charge in [-0.25, -0.2) is 4.79 Å². The first kappa shape index (κ1) is 13.6. The fraction of sp³-hybridized carbons (Fsp3) is 0.417. The van der Waals surface area contributed by atoms with Gasteiger partial charge in [0.15, 0.2) is 0 Å². The molecule has 3 nitrogen and oxygen atoms in total. The molecule has 0 aromatic heterocycles. The third-order valence-electron chi connectivity index (χ3n) is 2.31. The number of esters is 1. The van der Waals surface area contributed by atoms with Gasteiger partial charge in [0.1, 0.15) is 0 Å². The summed E-state index contributed by atoms with van der Waals surface area (Å²) in [4.78, 5) is 11.1. The van der Waals surface area contributed by atoms with E-state index in [1.807, 2.05) is 0 Å². The Bertz CT molecular complexity index is 405. The zero-order valence-electron chi connectivity index (χ0n) is 9.74. The van der Waals surface area contributed by atoms with Gasteiger partial charge in [-0.1, -0.05) is 18.2 Å². The van der Waals surface area contributed by atoms with Crippen molar-refractivity contribution >= 4 is 5.97 Å². The Morgan fingerprint density at radius 1 is 1.53 bits per heavy atom. The van der Waals surface area contributed by atoms with Crippen molar-refractivity contribution in [2.75, 3.05) is 6.61 Å². The van der Waals surface area contributed by atoms with Gasteiger partial charge in [-0.15, -0.1) is 0 Å². The molecule has 1 aromatic rings. The van der Waals surface area contributed by atoms with Crippen molar-refractivity contribution in [3.8, 4) is 0 Å². The standard InChI is InChI=1S/C12H15F2NO2/c1-3-17-11(16)12(13,14)10-6-4-5-9(7-10)8(2)15/h4-8H,3,15H2,1-2H3/t8-/m1/s1. The lowest BCUT2D eigenvalue weighted by atomic mass is 10.0. The number of halogens is 2. The summed E-state index contributed by atoms with van der Waals surface area (Å²) < 4.78 is 31.7. The molecule has 5 heteroatoms. The highest BCUT2D eigenvalue weighted by atomic mass is 19.3. The molecule has 0 saturated heterocycles. The lowest BCUT2D eigenvalue weighted by Crippen LogP contribution is -2.28. The van der Waals surface area contributed by atoms with E-state index in [1.54, 1.807) is 13.0 Å². The zero-order chi connectivity index (χ0) is 13.1. The summed E-state index contributed by atoms with van der Waals surface area (Å²) in [7, 11) is 0. The van der Waals surface area contributed by atoms with Gasteiger partial charge in [-0.3, -0.25) is 0 Å². The summed E-state index contributed by atoms with van der Waals surface area (Å²) in [5.74, 6) is -5.18. The van der Waals surface area contributed by atoms with E-state index in [4.69, 9.17) is 5.73 Å². The Morgan fingerprint density at radius 3 is 2.71 bits per heavy atom. The van der Waals surface area contributed by atoms with Gasteiger partial charge in [-0.2, -0.15) is 8.78 Å². The Balaban J connectivity index is 3.06. The molecule has 0 aliphatic rings. The van der Waals surface area contributed by atoms with Crippen LogP contribution in [0.5, 0.6) is 0 Å². The van der Waals surface area contributed by atoms with Crippen molar-refractivity contribution in [3.63, 3.8) is 0 Å². The summed E-state index contributed by atoms with van der Waals surface area (Å²) in [6.45, 7) is 3.08. The van der Waals surface area contributed by atoms with E-state index in [0.717, 1.165) is 0 Å². The molecule has 0 fully saturated rings. The van der Waals surface area contributed by atoms with Gasteiger partial charge in [0, 0.05) is 11.6 Å². The van der Waals surface area contributed by atoms with Gasteiger partial charge >= 0.3 is 11.9 Å². The quantitative estimate of drug-likeness (QED) is 0.826. The maximum Gasteiger partial charge on any atom is 0.381 e. The van der Waals surface area contributed by atoms with E-state index < -0.39 is 17.5 Å². The van der Waals surface area contributed by atoms with Crippen LogP contribution in [0.4, 0.5) is 8.78 Å². The number of hydrogen-bond donors (Lipinski definition) is 1. The van der Waals surface area contributed by atoms with Gasteiger partial charge in [-0.05, 0) is 25.5 Å². The molecular weight excluding hydrogens is 228 g/mol. The SMILES string of the molecule is CCOC(=O)C(F)(F)c1cccc([C@@H](C)N)c1. The molecule has 2 N–H and O–H groups in total. The number of carbonyl (C=O) groups excluding carboxylic acids is 1. The molecule has 0 saturated carbocycles. The molecular formula is C12H15F2NO2. The number of ether oxygens (including phenoxy) is 1. The normalized spacial score (nSPS) is 13.2. The predicted octanol–water partition coefficient (Wildman–Crippen LogP) is 2.36. The molecule has 0 radical (unpaired) electrons. The van der Waals surface area contributed by atoms with Crippen molar-refractivity contribution in [1.29, 1.82) is 0 Å². The van der Waals surface area contributed by atoms with E-state index in [-0.39, 0.29) is 12.6 Å². The summed E-state index contributed by atoms with van der Waals surface area (Å²) >= 11 is 0. The van der Waals surface area contributed by atoms with Crippen LogP contribution >= 0.6 is 0 Å². The molecule has 0 bridgehead atoms. The average Bonchev–Trinajstić information content (AvgIpc) is 2.29. The number of nitrogens with two attached hydrogens (primary N) is 1. The average molecular weight is 243 g/mol. The maximum absolute atomic E-state index is 13.7. The Hall–Kier alpha value is -1.49. The van der Waals surface area contributed by atoms with Gasteiger partial charge < -0.3 is 10.5 Å². The third kappa shape index (κ3) is 3.00. The van der Waals surface area contributed by atoms with Gasteiger partial charge in [0.2, 0.25) is 0 Å². The first-order valence-electron chi connectivity index (χ1n) is 5.30. The molecule has 0 aliphatic carbocycles. The Morgan fingerprint density at radius 2 is 2.18 bits per heavy atom. The largest absolute Gasteiger partial charge is 0.461 e. The second-order valence-electron chi connectivity index (χ2n) is 3.71. The molecule has 0 aliphatic heterocycles. The highest BCUT2D eigenvalue weighted by Gasteiger charge is 2.42. The number of benzene rings is 1. The van der Waals surface area contributed by atoms with Crippen LogP contribution in [0.25, 0.3) is 0 Å². The van der Waals surface area contributed by atoms with Crippen LogP contribution in [0.2, 0.25) is 0 Å². The topological polar surface area (TPSA) is 52.3 Å². The fourth-order valence-electron chi connectivity index (χ4n) is 1.36. The minimum atomic E-state index is -3.64. The van der Waals surface area contributed by atoms with Crippen LogP contribution in [0.1, 0.15) is 31.0 Å². The minimum absolute atomic E-state index is 0.0819. The first-order valence-corrected chi connectivity index (χ1v) is 5.30. The Labute approximate surface area is 98.6 Å². The van der Waals surface area contributed by atoms with E-state index in [0.29, 0.717) is 5.56 Å². The smallest absolute Gasteiger partial charge is 0.381 e. The summed E-state index contributed by atoms with van der Waals surface area (Å²) in [5, 5.41) is 0. The van der Waals surface area contributed by atoms with E-state index in [9.17, 15) is 13.6 Å². The first-order chi connectivity index (χ1) is 7.89. The highest BCUT2D eigenvalue weighted by Crippen LogP contribution is 2.30. The number of hydrogen-bond acceptors (Lipinski definition) is 3. The van der Waals surface area contributed by atoms with Crippen LogP contribution in [0.3, 0.4) is 0 Å². The van der Waals surface area contributed by atoms with Crippen molar-refractivity contribution in [2.24, 2.45) is 5.73 Å². The third-order valence-corrected chi connectivity index (χ3v) is 2.31. The number of rotatable bonds is 4. The molecule has 0 heterocycles. The van der Waals surface area contributed by atoms with Crippen LogP contribution in [0.15, 0.2) is 24.3 Å². The van der Waals surface area contributed by atoms with E-state index in [2.05, 4.69) is 4.74 Å². The van der Waals surface area contributed by atoms with Crippen LogP contribution in [-0.4, -0.2) is 12.6 Å². The lowest BCUT2D eigenvalue weighted by molar-refractivity contribution is -0.173. The van der Waals surface area contributed by atoms with Crippen molar-refractivity contribution < 1.29 is 18.3 Å². The fourth-order valence-corrected chi connectivity index (χ4v) is 1.36. The second kappa shape index (κ2) is 5.23. The molecule has 17 heavy (non-hydrogen) atoms. The summed E-state index contributed by atoms with van der Waals surface area (Å²) in [6.07, 6.45) is 0.